The van der Waals surface area contributed by atoms with Crippen molar-refractivity contribution in [2.24, 2.45) is 0 Å². The van der Waals surface area contributed by atoms with E-state index in [1.54, 1.807) is 12.2 Å². The summed E-state index contributed by atoms with van der Waals surface area (Å²) in [7, 11) is -2.92. The quantitative estimate of drug-likeness (QED) is 0.452. The standard InChI is InChI=1S/C4H7NO2S/c6-8(7)4-2-1-3-5-8/h1-2,5H,3-4H2. The minimum Gasteiger partial charge on any atom is -0.212 e. The molecule has 1 heterocycles. The lowest BCUT2D eigenvalue weighted by atomic mass is 10.5. The second-order valence-corrected chi connectivity index (χ2v) is 3.45. The van der Waals surface area contributed by atoms with Gasteiger partial charge in [-0.3, -0.25) is 0 Å². The van der Waals surface area contributed by atoms with Crippen LogP contribution in [-0.2, 0) is 10.0 Å². The summed E-state index contributed by atoms with van der Waals surface area (Å²) in [6.45, 7) is 0.447. The summed E-state index contributed by atoms with van der Waals surface area (Å²) in [4.78, 5) is 0. The van der Waals surface area contributed by atoms with Crippen LogP contribution in [0.4, 0.5) is 0 Å². The van der Waals surface area contributed by atoms with Gasteiger partial charge in [-0.2, -0.15) is 0 Å². The normalized spacial score (nSPS) is 25.5. The third-order valence-electron chi connectivity index (χ3n) is 0.903. The molecular weight excluding hydrogens is 126 g/mol. The van der Waals surface area contributed by atoms with E-state index in [1.165, 1.54) is 0 Å². The van der Waals surface area contributed by atoms with Crippen LogP contribution in [0.5, 0.6) is 0 Å². The van der Waals surface area contributed by atoms with Crippen molar-refractivity contribution in [1.29, 1.82) is 0 Å². The van der Waals surface area contributed by atoms with Gasteiger partial charge >= 0.3 is 0 Å². The maximum absolute atomic E-state index is 10.5. The number of nitrogens with one attached hydrogen (secondary N) is 1. The highest BCUT2D eigenvalue weighted by molar-refractivity contribution is 7.89. The summed E-state index contributed by atoms with van der Waals surface area (Å²) in [5.41, 5.74) is 0. The van der Waals surface area contributed by atoms with E-state index in [1.807, 2.05) is 0 Å². The molecular formula is C4H7NO2S. The van der Waals surface area contributed by atoms with Crippen molar-refractivity contribution in [2.45, 2.75) is 0 Å². The number of hydrogen-bond acceptors (Lipinski definition) is 2. The van der Waals surface area contributed by atoms with E-state index in [0.29, 0.717) is 6.54 Å². The van der Waals surface area contributed by atoms with Crippen LogP contribution in [0.3, 0.4) is 0 Å². The number of rotatable bonds is 0. The lowest BCUT2D eigenvalue weighted by molar-refractivity contribution is 0.587. The molecule has 46 valence electrons. The fraction of sp³-hybridized carbons (Fsp3) is 0.500. The van der Waals surface area contributed by atoms with Gasteiger partial charge in [-0.15, -0.1) is 0 Å². The first-order chi connectivity index (χ1) is 3.71. The van der Waals surface area contributed by atoms with E-state index in [0.717, 1.165) is 0 Å². The molecule has 1 aliphatic rings. The highest BCUT2D eigenvalue weighted by Gasteiger charge is 2.07. The van der Waals surface area contributed by atoms with Gasteiger partial charge in [-0.05, 0) is 0 Å². The Bertz CT molecular complexity index is 192. The Labute approximate surface area is 48.4 Å². The Hall–Kier alpha value is -0.350. The molecule has 0 radical (unpaired) electrons. The van der Waals surface area contributed by atoms with E-state index < -0.39 is 10.0 Å². The molecule has 0 spiro atoms. The van der Waals surface area contributed by atoms with Crippen molar-refractivity contribution in [3.05, 3.63) is 12.2 Å². The van der Waals surface area contributed by atoms with Gasteiger partial charge in [0.25, 0.3) is 0 Å². The molecule has 0 atom stereocenters. The summed E-state index contributed by atoms with van der Waals surface area (Å²) in [6, 6.07) is 0. The van der Waals surface area contributed by atoms with Crippen molar-refractivity contribution >= 4 is 10.0 Å². The molecule has 3 nitrogen and oxygen atoms in total. The smallest absolute Gasteiger partial charge is 0.212 e. The summed E-state index contributed by atoms with van der Waals surface area (Å²) < 4.78 is 23.3. The van der Waals surface area contributed by atoms with Gasteiger partial charge in [-0.1, -0.05) is 12.2 Å². The second-order valence-electron chi connectivity index (χ2n) is 1.60. The fourth-order valence-electron chi connectivity index (χ4n) is 0.512. The minimum atomic E-state index is -2.92. The van der Waals surface area contributed by atoms with Gasteiger partial charge in [0.2, 0.25) is 10.0 Å². The van der Waals surface area contributed by atoms with Crippen LogP contribution in [0.2, 0.25) is 0 Å². The highest BCUT2D eigenvalue weighted by Crippen LogP contribution is 1.90. The zero-order valence-electron chi connectivity index (χ0n) is 4.29. The molecule has 1 N–H and O–H groups in total. The van der Waals surface area contributed by atoms with E-state index in [4.69, 9.17) is 0 Å². The van der Waals surface area contributed by atoms with Gasteiger partial charge in [-0.25, -0.2) is 13.1 Å². The Kier molecular flexibility index (Phi) is 1.35. The van der Waals surface area contributed by atoms with Crippen LogP contribution in [-0.4, -0.2) is 20.7 Å². The zero-order valence-corrected chi connectivity index (χ0v) is 5.11. The average Bonchev–Trinajstić information content (AvgIpc) is 1.65. The lowest BCUT2D eigenvalue weighted by Gasteiger charge is -2.04. The van der Waals surface area contributed by atoms with Gasteiger partial charge < -0.3 is 0 Å². The van der Waals surface area contributed by atoms with Gasteiger partial charge in [0.15, 0.2) is 0 Å². The first kappa shape index (κ1) is 5.78. The molecule has 0 aromatic rings. The van der Waals surface area contributed by atoms with Crippen LogP contribution in [0.1, 0.15) is 0 Å². The van der Waals surface area contributed by atoms with E-state index in [2.05, 4.69) is 4.72 Å². The molecule has 0 aromatic heterocycles. The first-order valence-corrected chi connectivity index (χ1v) is 3.98. The zero-order chi connectivity index (χ0) is 6.04. The van der Waals surface area contributed by atoms with Crippen molar-refractivity contribution in [2.75, 3.05) is 12.3 Å². The molecule has 4 heteroatoms. The van der Waals surface area contributed by atoms with E-state index >= 15 is 0 Å². The molecule has 0 aliphatic carbocycles. The Balaban J connectivity index is 2.79. The Morgan fingerprint density at radius 3 is 2.38 bits per heavy atom. The number of sulfonamides is 1. The molecule has 0 saturated carbocycles. The summed E-state index contributed by atoms with van der Waals surface area (Å²) in [6.07, 6.45) is 3.44. The molecule has 0 saturated heterocycles. The van der Waals surface area contributed by atoms with Crippen molar-refractivity contribution in [3.8, 4) is 0 Å². The van der Waals surface area contributed by atoms with Crippen LogP contribution in [0.15, 0.2) is 12.2 Å². The molecule has 8 heavy (non-hydrogen) atoms. The van der Waals surface area contributed by atoms with E-state index in [9.17, 15) is 8.42 Å². The molecule has 0 aromatic carbocycles. The topological polar surface area (TPSA) is 46.2 Å². The Morgan fingerprint density at radius 1 is 1.38 bits per heavy atom. The maximum atomic E-state index is 10.5. The van der Waals surface area contributed by atoms with Gasteiger partial charge in [0.1, 0.15) is 0 Å². The molecule has 1 aliphatic heterocycles. The summed E-state index contributed by atoms with van der Waals surface area (Å²) in [5, 5.41) is 0. The number of hydrogen-bond donors (Lipinski definition) is 1. The first-order valence-electron chi connectivity index (χ1n) is 2.33. The van der Waals surface area contributed by atoms with Crippen LogP contribution >= 0.6 is 0 Å². The summed E-state index contributed by atoms with van der Waals surface area (Å²) >= 11 is 0. The predicted molar refractivity (Wildman–Crippen MR) is 30.9 cm³/mol. The monoisotopic (exact) mass is 133 g/mol. The molecule has 0 bridgehead atoms. The molecule has 0 fully saturated rings. The van der Waals surface area contributed by atoms with Crippen molar-refractivity contribution in [3.63, 3.8) is 0 Å². The van der Waals surface area contributed by atoms with Crippen molar-refractivity contribution < 1.29 is 8.42 Å². The van der Waals surface area contributed by atoms with Crippen LogP contribution in [0, 0.1) is 0 Å². The minimum absolute atomic E-state index is 0.132. The fourth-order valence-corrected chi connectivity index (χ4v) is 1.37. The predicted octanol–water partition coefficient (Wildman–Crippen LogP) is -0.524. The van der Waals surface area contributed by atoms with Gasteiger partial charge in [0, 0.05) is 6.54 Å². The summed E-state index contributed by atoms with van der Waals surface area (Å²) in [5.74, 6) is 0.132. The average molecular weight is 133 g/mol. The second kappa shape index (κ2) is 1.87. The lowest BCUT2D eigenvalue weighted by Crippen LogP contribution is -2.28. The third kappa shape index (κ3) is 1.31. The van der Waals surface area contributed by atoms with Crippen LogP contribution < -0.4 is 4.72 Å². The Morgan fingerprint density at radius 2 is 2.12 bits per heavy atom. The molecule has 0 amide bonds. The van der Waals surface area contributed by atoms with E-state index in [-0.39, 0.29) is 5.75 Å². The largest absolute Gasteiger partial charge is 0.215 e. The highest BCUT2D eigenvalue weighted by atomic mass is 32.2. The third-order valence-corrected chi connectivity index (χ3v) is 2.14. The maximum Gasteiger partial charge on any atom is 0.215 e. The van der Waals surface area contributed by atoms with Gasteiger partial charge in [0.05, 0.1) is 5.75 Å². The van der Waals surface area contributed by atoms with Crippen LogP contribution in [0.25, 0.3) is 0 Å². The molecule has 1 rings (SSSR count). The SMILES string of the molecule is O=S1(=O)CC=CCN1. The molecule has 0 unspecified atom stereocenters. The van der Waals surface area contributed by atoms with Crippen molar-refractivity contribution in [1.82, 2.24) is 4.72 Å².